The Balaban J connectivity index is 1.32. The summed E-state index contributed by atoms with van der Waals surface area (Å²) in [6.45, 7) is 9.37. The third-order valence-corrected chi connectivity index (χ3v) is 7.82. The van der Waals surface area contributed by atoms with E-state index in [-0.39, 0.29) is 12.0 Å². The highest BCUT2D eigenvalue weighted by Gasteiger charge is 2.33. The Morgan fingerprint density at radius 2 is 2.03 bits per heavy atom. The molecule has 186 valence electrons. The number of halogens is 1. The zero-order chi connectivity index (χ0) is 24.6. The summed E-state index contributed by atoms with van der Waals surface area (Å²) in [4.78, 5) is 28.8. The molecule has 1 atom stereocenters. The third kappa shape index (κ3) is 5.45. The van der Waals surface area contributed by atoms with Crippen molar-refractivity contribution in [1.82, 2.24) is 14.9 Å². The Hall–Kier alpha value is -2.27. The van der Waals surface area contributed by atoms with Gasteiger partial charge < -0.3 is 24.0 Å². The van der Waals surface area contributed by atoms with Crippen molar-refractivity contribution in [3.05, 3.63) is 45.2 Å². The van der Waals surface area contributed by atoms with Crippen LogP contribution in [0.4, 0.5) is 5.82 Å². The lowest BCUT2D eigenvalue weighted by Crippen LogP contribution is -2.49. The van der Waals surface area contributed by atoms with E-state index >= 15 is 0 Å². The van der Waals surface area contributed by atoms with Gasteiger partial charge in [0.25, 0.3) is 5.91 Å². The van der Waals surface area contributed by atoms with E-state index in [9.17, 15) is 4.79 Å². The minimum absolute atomic E-state index is 0.0494. The lowest BCUT2D eigenvalue weighted by molar-refractivity contribution is -0.141. The van der Waals surface area contributed by atoms with Crippen molar-refractivity contribution >= 4 is 49.2 Å². The molecule has 1 amide bonds. The predicted molar refractivity (Wildman–Crippen MR) is 139 cm³/mol. The first kappa shape index (κ1) is 24.4. The van der Waals surface area contributed by atoms with Gasteiger partial charge in [0.1, 0.15) is 23.4 Å². The maximum Gasteiger partial charge on any atom is 0.319 e. The number of ether oxygens (including phenoxy) is 3. The molecular weight excluding hydrogens is 532 g/mol. The van der Waals surface area contributed by atoms with Crippen LogP contribution in [-0.4, -0.2) is 72.1 Å². The van der Waals surface area contributed by atoms with Crippen LogP contribution in [0.3, 0.4) is 0 Å². The molecule has 0 spiro atoms. The van der Waals surface area contributed by atoms with Gasteiger partial charge in [-0.15, -0.1) is 11.3 Å². The predicted octanol–water partition coefficient (Wildman–Crippen LogP) is 4.51. The molecule has 2 saturated heterocycles. The summed E-state index contributed by atoms with van der Waals surface area (Å²) in [6, 6.07) is 10.1. The lowest BCUT2D eigenvalue weighted by Gasteiger charge is -2.35. The van der Waals surface area contributed by atoms with E-state index in [1.807, 2.05) is 43.0 Å². The van der Waals surface area contributed by atoms with E-state index in [4.69, 9.17) is 19.2 Å². The highest BCUT2D eigenvalue weighted by atomic mass is 79.9. The Morgan fingerprint density at radius 1 is 1.23 bits per heavy atom. The second kappa shape index (κ2) is 10.0. The van der Waals surface area contributed by atoms with Gasteiger partial charge in [-0.1, -0.05) is 28.9 Å². The molecule has 2 aliphatic rings. The molecular formula is C25H29BrN4O4S. The van der Waals surface area contributed by atoms with Gasteiger partial charge in [0.15, 0.2) is 5.79 Å². The van der Waals surface area contributed by atoms with Gasteiger partial charge in [-0.2, -0.15) is 9.97 Å². The normalized spacial score (nSPS) is 19.9. The van der Waals surface area contributed by atoms with Crippen molar-refractivity contribution in [3.8, 4) is 6.01 Å². The van der Waals surface area contributed by atoms with Gasteiger partial charge in [0, 0.05) is 41.1 Å². The number of anilines is 1. The number of benzene rings is 1. The van der Waals surface area contributed by atoms with Crippen molar-refractivity contribution in [2.45, 2.75) is 39.1 Å². The van der Waals surface area contributed by atoms with Crippen molar-refractivity contribution in [1.29, 1.82) is 0 Å². The molecule has 5 rings (SSSR count). The molecule has 0 bridgehead atoms. The fraction of sp³-hybridized carbons (Fsp3) is 0.480. The van der Waals surface area contributed by atoms with Crippen molar-refractivity contribution in [3.63, 3.8) is 0 Å². The molecule has 0 saturated carbocycles. The van der Waals surface area contributed by atoms with Crippen LogP contribution in [-0.2, 0) is 15.9 Å². The topological polar surface area (TPSA) is 77.0 Å². The van der Waals surface area contributed by atoms with Crippen LogP contribution in [0.15, 0.2) is 34.8 Å². The number of fused-ring (bicyclic) bond motifs is 1. The van der Waals surface area contributed by atoms with E-state index < -0.39 is 5.79 Å². The molecule has 0 radical (unpaired) electrons. The quantitative estimate of drug-likeness (QED) is 0.439. The average molecular weight is 562 g/mol. The summed E-state index contributed by atoms with van der Waals surface area (Å²) < 4.78 is 18.4. The second-order valence-electron chi connectivity index (χ2n) is 9.17. The number of aromatic nitrogens is 2. The summed E-state index contributed by atoms with van der Waals surface area (Å²) in [7, 11) is 0. The Kier molecular flexibility index (Phi) is 6.98. The lowest BCUT2D eigenvalue weighted by atomic mass is 10.2. The number of aryl methyl sites for hydroxylation is 1. The highest BCUT2D eigenvalue weighted by Crippen LogP contribution is 2.34. The molecule has 2 aliphatic heterocycles. The van der Waals surface area contributed by atoms with Gasteiger partial charge in [0.2, 0.25) is 0 Å². The number of thiophene rings is 1. The van der Waals surface area contributed by atoms with E-state index in [0.717, 1.165) is 26.9 Å². The molecule has 35 heavy (non-hydrogen) atoms. The fourth-order valence-electron chi connectivity index (χ4n) is 4.36. The third-order valence-electron chi connectivity index (χ3n) is 6.16. The summed E-state index contributed by atoms with van der Waals surface area (Å²) >= 11 is 5.12. The van der Waals surface area contributed by atoms with Crippen LogP contribution >= 0.6 is 27.3 Å². The zero-order valence-electron chi connectivity index (χ0n) is 20.1. The standard InChI is InChI=1S/C25H29BrN4O4S/c1-4-19-13-20-21(27-24(28-22(20)35-19)32-14-18-15-33-25(2,3)34-18)29-8-10-30(11-9-29)23(31)16-6-5-7-17(26)12-16/h5-7,12-13,18H,4,8-11,14-15H2,1-3H3/t18-/m0/s1. The van der Waals surface area contributed by atoms with Crippen LogP contribution < -0.4 is 9.64 Å². The first-order chi connectivity index (χ1) is 16.8. The van der Waals surface area contributed by atoms with Crippen LogP contribution in [0, 0.1) is 0 Å². The largest absolute Gasteiger partial charge is 0.461 e. The molecule has 8 nitrogen and oxygen atoms in total. The minimum Gasteiger partial charge on any atom is -0.461 e. The summed E-state index contributed by atoms with van der Waals surface area (Å²) in [5.41, 5.74) is 0.694. The van der Waals surface area contributed by atoms with Gasteiger partial charge >= 0.3 is 6.01 Å². The molecule has 0 aliphatic carbocycles. The first-order valence-electron chi connectivity index (χ1n) is 11.9. The number of hydrogen-bond acceptors (Lipinski definition) is 8. The molecule has 2 aromatic heterocycles. The average Bonchev–Trinajstić information content (AvgIpc) is 3.44. The van der Waals surface area contributed by atoms with E-state index in [1.165, 1.54) is 4.88 Å². The number of amides is 1. The van der Waals surface area contributed by atoms with Gasteiger partial charge in [0.05, 0.1) is 12.0 Å². The first-order valence-corrected chi connectivity index (χ1v) is 13.5. The molecule has 0 unspecified atom stereocenters. The highest BCUT2D eigenvalue weighted by molar-refractivity contribution is 9.10. The molecule has 10 heteroatoms. The zero-order valence-corrected chi connectivity index (χ0v) is 22.5. The number of nitrogens with zero attached hydrogens (tertiary/aromatic N) is 4. The summed E-state index contributed by atoms with van der Waals surface area (Å²) in [5.74, 6) is 0.313. The maximum absolute atomic E-state index is 13.0. The number of hydrogen-bond donors (Lipinski definition) is 0. The number of piperazine rings is 1. The Labute approximate surface area is 217 Å². The van der Waals surface area contributed by atoms with Crippen molar-refractivity contribution in [2.75, 3.05) is 44.3 Å². The minimum atomic E-state index is -0.597. The van der Waals surface area contributed by atoms with Crippen molar-refractivity contribution in [2.24, 2.45) is 0 Å². The Morgan fingerprint density at radius 3 is 2.71 bits per heavy atom. The molecule has 2 fully saturated rings. The van der Waals surface area contributed by atoms with Gasteiger partial charge in [-0.25, -0.2) is 0 Å². The maximum atomic E-state index is 13.0. The molecule has 4 heterocycles. The van der Waals surface area contributed by atoms with Gasteiger partial charge in [-0.05, 0) is 44.5 Å². The Bertz CT molecular complexity index is 1230. The number of carbonyl (C=O) groups excluding carboxylic acids is 1. The second-order valence-corrected chi connectivity index (χ2v) is 11.2. The van der Waals surface area contributed by atoms with Gasteiger partial charge in [-0.3, -0.25) is 4.79 Å². The molecule has 0 N–H and O–H groups in total. The number of carbonyl (C=O) groups is 1. The summed E-state index contributed by atoms with van der Waals surface area (Å²) in [6.07, 6.45) is 0.781. The summed E-state index contributed by atoms with van der Waals surface area (Å²) in [5, 5.41) is 1.03. The van der Waals surface area contributed by atoms with E-state index in [2.05, 4.69) is 38.8 Å². The van der Waals surface area contributed by atoms with E-state index in [0.29, 0.717) is 51.0 Å². The van der Waals surface area contributed by atoms with Crippen LogP contribution in [0.2, 0.25) is 0 Å². The van der Waals surface area contributed by atoms with Crippen LogP contribution in [0.1, 0.15) is 36.0 Å². The molecule has 1 aromatic carbocycles. The fourth-order valence-corrected chi connectivity index (χ4v) is 5.71. The van der Waals surface area contributed by atoms with Crippen LogP contribution in [0.5, 0.6) is 6.01 Å². The monoisotopic (exact) mass is 560 g/mol. The number of rotatable bonds is 6. The SMILES string of the molecule is CCc1cc2c(N3CCN(C(=O)c4cccc(Br)c4)CC3)nc(OC[C@H]3COC(C)(C)O3)nc2s1. The molecule has 3 aromatic rings. The van der Waals surface area contributed by atoms with E-state index in [1.54, 1.807) is 11.3 Å². The smallest absolute Gasteiger partial charge is 0.319 e. The van der Waals surface area contributed by atoms with Crippen LogP contribution in [0.25, 0.3) is 10.2 Å². The van der Waals surface area contributed by atoms with Crippen molar-refractivity contribution < 1.29 is 19.0 Å².